The smallest absolute Gasteiger partial charge is 0.410 e. The van der Waals surface area contributed by atoms with Crippen molar-refractivity contribution in [1.29, 1.82) is 0 Å². The van der Waals surface area contributed by atoms with Crippen molar-refractivity contribution in [2.45, 2.75) is 12.5 Å². The van der Waals surface area contributed by atoms with E-state index in [9.17, 15) is 4.79 Å². The first kappa shape index (κ1) is 9.73. The first-order valence-corrected chi connectivity index (χ1v) is 5.10. The van der Waals surface area contributed by atoms with Gasteiger partial charge in [0.25, 0.3) is 0 Å². The Morgan fingerprint density at radius 2 is 2.21 bits per heavy atom. The Morgan fingerprint density at radius 1 is 1.43 bits per heavy atom. The van der Waals surface area contributed by atoms with Crippen molar-refractivity contribution in [1.82, 2.24) is 10.2 Å². The maximum Gasteiger partial charge on any atom is 0.410 e. The van der Waals surface area contributed by atoms with Crippen LogP contribution in [0.15, 0.2) is 0 Å². The number of ether oxygens (including phenoxy) is 2. The minimum atomic E-state index is -0.193. The molecule has 5 heteroatoms. The van der Waals surface area contributed by atoms with Gasteiger partial charge in [-0.05, 0) is 0 Å². The van der Waals surface area contributed by atoms with Gasteiger partial charge in [-0.3, -0.25) is 0 Å². The van der Waals surface area contributed by atoms with Gasteiger partial charge in [-0.25, -0.2) is 4.79 Å². The Bertz CT molecular complexity index is 198. The zero-order valence-electron chi connectivity index (χ0n) is 8.20. The molecule has 0 aromatic heterocycles. The Balaban J connectivity index is 1.75. The number of piperazine rings is 1. The average molecular weight is 200 g/mol. The van der Waals surface area contributed by atoms with E-state index in [0.29, 0.717) is 13.2 Å². The van der Waals surface area contributed by atoms with Crippen LogP contribution in [0, 0.1) is 0 Å². The number of hydrogen-bond donors (Lipinski definition) is 1. The molecule has 0 saturated carbocycles. The standard InChI is InChI=1S/C9H16N2O3/c12-9(11-4-2-10-3-5-11)14-8-1-6-13-7-8/h8,10H,1-7H2/t8-/m1/s1. The van der Waals surface area contributed by atoms with Gasteiger partial charge in [0.15, 0.2) is 0 Å². The van der Waals surface area contributed by atoms with Crippen LogP contribution in [-0.4, -0.2) is 56.5 Å². The van der Waals surface area contributed by atoms with Crippen molar-refractivity contribution in [3.63, 3.8) is 0 Å². The summed E-state index contributed by atoms with van der Waals surface area (Å²) in [4.78, 5) is 13.3. The molecule has 0 aliphatic carbocycles. The molecule has 2 heterocycles. The molecule has 0 unspecified atom stereocenters. The van der Waals surface area contributed by atoms with Crippen molar-refractivity contribution >= 4 is 6.09 Å². The van der Waals surface area contributed by atoms with Crippen molar-refractivity contribution in [2.75, 3.05) is 39.4 Å². The molecule has 2 rings (SSSR count). The number of nitrogens with one attached hydrogen (secondary N) is 1. The number of rotatable bonds is 1. The van der Waals surface area contributed by atoms with Gasteiger partial charge in [-0.1, -0.05) is 0 Å². The molecule has 2 aliphatic rings. The molecule has 5 nitrogen and oxygen atoms in total. The first-order valence-electron chi connectivity index (χ1n) is 5.10. The lowest BCUT2D eigenvalue weighted by Gasteiger charge is -2.27. The highest BCUT2D eigenvalue weighted by Crippen LogP contribution is 2.10. The molecule has 2 saturated heterocycles. The average Bonchev–Trinajstić information content (AvgIpc) is 2.72. The summed E-state index contributed by atoms with van der Waals surface area (Å²) in [6.07, 6.45) is 0.608. The van der Waals surface area contributed by atoms with E-state index in [4.69, 9.17) is 9.47 Å². The predicted molar refractivity (Wildman–Crippen MR) is 50.1 cm³/mol. The quantitative estimate of drug-likeness (QED) is 0.638. The number of amides is 1. The van der Waals surface area contributed by atoms with E-state index in [1.54, 1.807) is 4.90 Å². The Kier molecular flexibility index (Phi) is 3.21. The third-order valence-electron chi connectivity index (χ3n) is 2.53. The largest absolute Gasteiger partial charge is 0.444 e. The minimum Gasteiger partial charge on any atom is -0.444 e. The van der Waals surface area contributed by atoms with Crippen LogP contribution >= 0.6 is 0 Å². The normalized spacial score (nSPS) is 27.7. The molecular weight excluding hydrogens is 184 g/mol. The molecule has 1 amide bonds. The highest BCUT2D eigenvalue weighted by Gasteiger charge is 2.24. The van der Waals surface area contributed by atoms with E-state index >= 15 is 0 Å². The van der Waals surface area contributed by atoms with Gasteiger partial charge in [0.1, 0.15) is 6.10 Å². The molecule has 0 bridgehead atoms. The van der Waals surface area contributed by atoms with Gasteiger partial charge < -0.3 is 19.7 Å². The Hall–Kier alpha value is -0.810. The van der Waals surface area contributed by atoms with Gasteiger partial charge >= 0.3 is 6.09 Å². The van der Waals surface area contributed by atoms with Crippen LogP contribution in [0.3, 0.4) is 0 Å². The molecule has 2 aliphatic heterocycles. The summed E-state index contributed by atoms with van der Waals surface area (Å²) >= 11 is 0. The molecule has 2 fully saturated rings. The molecule has 1 N–H and O–H groups in total. The third-order valence-corrected chi connectivity index (χ3v) is 2.53. The molecule has 14 heavy (non-hydrogen) atoms. The summed E-state index contributed by atoms with van der Waals surface area (Å²) in [6.45, 7) is 4.46. The number of carbonyl (C=O) groups is 1. The Labute approximate surface area is 83.3 Å². The molecular formula is C9H16N2O3. The summed E-state index contributed by atoms with van der Waals surface area (Å²) < 4.78 is 10.4. The van der Waals surface area contributed by atoms with Gasteiger partial charge in [0, 0.05) is 32.6 Å². The summed E-state index contributed by atoms with van der Waals surface area (Å²) in [5.74, 6) is 0. The van der Waals surface area contributed by atoms with Crippen LogP contribution in [0.25, 0.3) is 0 Å². The number of hydrogen-bond acceptors (Lipinski definition) is 4. The molecule has 80 valence electrons. The fraction of sp³-hybridized carbons (Fsp3) is 0.889. The Morgan fingerprint density at radius 3 is 2.86 bits per heavy atom. The van der Waals surface area contributed by atoms with Crippen LogP contribution < -0.4 is 5.32 Å². The van der Waals surface area contributed by atoms with E-state index in [0.717, 1.165) is 32.6 Å². The summed E-state index contributed by atoms with van der Waals surface area (Å²) in [5, 5.41) is 3.19. The van der Waals surface area contributed by atoms with Gasteiger partial charge in [0.2, 0.25) is 0 Å². The predicted octanol–water partition coefficient (Wildman–Crippen LogP) is -0.183. The molecule has 1 atom stereocenters. The van der Waals surface area contributed by atoms with Crippen molar-refractivity contribution in [3.05, 3.63) is 0 Å². The van der Waals surface area contributed by atoms with Crippen LogP contribution in [0.1, 0.15) is 6.42 Å². The first-order chi connectivity index (χ1) is 6.86. The van der Waals surface area contributed by atoms with E-state index in [-0.39, 0.29) is 12.2 Å². The second-order valence-corrected chi connectivity index (χ2v) is 3.61. The number of nitrogens with zero attached hydrogens (tertiary/aromatic N) is 1. The zero-order chi connectivity index (χ0) is 9.80. The highest BCUT2D eigenvalue weighted by molar-refractivity contribution is 5.68. The van der Waals surface area contributed by atoms with E-state index < -0.39 is 0 Å². The monoisotopic (exact) mass is 200 g/mol. The lowest BCUT2D eigenvalue weighted by molar-refractivity contribution is 0.0520. The lowest BCUT2D eigenvalue weighted by Crippen LogP contribution is -2.47. The van der Waals surface area contributed by atoms with E-state index in [1.165, 1.54) is 0 Å². The SMILES string of the molecule is O=C(O[C@@H]1CCOC1)N1CCNCC1. The second-order valence-electron chi connectivity index (χ2n) is 3.61. The fourth-order valence-electron chi connectivity index (χ4n) is 1.67. The summed E-state index contributed by atoms with van der Waals surface area (Å²) in [5.41, 5.74) is 0. The van der Waals surface area contributed by atoms with Crippen LogP contribution in [0.4, 0.5) is 4.79 Å². The molecule has 0 spiro atoms. The van der Waals surface area contributed by atoms with Crippen LogP contribution in [-0.2, 0) is 9.47 Å². The zero-order valence-corrected chi connectivity index (χ0v) is 8.20. The maximum atomic E-state index is 11.6. The van der Waals surface area contributed by atoms with Gasteiger partial charge in [-0.15, -0.1) is 0 Å². The lowest BCUT2D eigenvalue weighted by atomic mass is 10.3. The van der Waals surface area contributed by atoms with Crippen LogP contribution in [0.2, 0.25) is 0 Å². The van der Waals surface area contributed by atoms with Gasteiger partial charge in [-0.2, -0.15) is 0 Å². The molecule has 0 radical (unpaired) electrons. The topological polar surface area (TPSA) is 50.8 Å². The van der Waals surface area contributed by atoms with Crippen molar-refractivity contribution in [2.24, 2.45) is 0 Å². The fourth-order valence-corrected chi connectivity index (χ4v) is 1.67. The summed E-state index contributed by atoms with van der Waals surface area (Å²) in [7, 11) is 0. The van der Waals surface area contributed by atoms with Crippen molar-refractivity contribution in [3.8, 4) is 0 Å². The number of carbonyl (C=O) groups excluding carboxylic acids is 1. The highest BCUT2D eigenvalue weighted by atomic mass is 16.6. The molecule has 0 aromatic rings. The van der Waals surface area contributed by atoms with Crippen molar-refractivity contribution < 1.29 is 14.3 Å². The maximum absolute atomic E-state index is 11.6. The second kappa shape index (κ2) is 4.61. The minimum absolute atomic E-state index is 0.0302. The van der Waals surface area contributed by atoms with Crippen LogP contribution in [0.5, 0.6) is 0 Å². The van der Waals surface area contributed by atoms with E-state index in [1.807, 2.05) is 0 Å². The third kappa shape index (κ3) is 2.36. The van der Waals surface area contributed by atoms with E-state index in [2.05, 4.69) is 5.32 Å². The summed E-state index contributed by atoms with van der Waals surface area (Å²) in [6, 6.07) is 0. The molecule has 0 aromatic carbocycles. The van der Waals surface area contributed by atoms with Gasteiger partial charge in [0.05, 0.1) is 13.2 Å².